The van der Waals surface area contributed by atoms with Crippen LogP contribution in [-0.2, 0) is 10.5 Å². The zero-order chi connectivity index (χ0) is 24.6. The number of carbonyl (C=O) groups excluding carboxylic acids is 1. The number of ether oxygens (including phenoxy) is 1. The molecule has 4 rings (SSSR count). The third-order valence-corrected chi connectivity index (χ3v) is 7.69. The molecule has 6 nitrogen and oxygen atoms in total. The highest BCUT2D eigenvalue weighted by Gasteiger charge is 2.23. The average Bonchev–Trinajstić information content (AvgIpc) is 3.30. The zero-order valence-corrected chi connectivity index (χ0v) is 21.6. The van der Waals surface area contributed by atoms with E-state index in [2.05, 4.69) is 51.3 Å². The normalized spacial score (nSPS) is 11.7. The number of rotatable bonds is 10. The molecule has 0 aliphatic rings. The van der Waals surface area contributed by atoms with E-state index >= 15 is 0 Å². The summed E-state index contributed by atoms with van der Waals surface area (Å²) < 4.78 is 7.25. The number of para-hydroxylation sites is 1. The number of nitrogens with one attached hydrogen (secondary N) is 1. The van der Waals surface area contributed by atoms with Crippen LogP contribution >= 0.6 is 23.5 Å². The van der Waals surface area contributed by atoms with Crippen LogP contribution in [0.2, 0.25) is 0 Å². The van der Waals surface area contributed by atoms with Gasteiger partial charge in [-0.3, -0.25) is 9.36 Å². The van der Waals surface area contributed by atoms with Gasteiger partial charge in [-0.1, -0.05) is 54.6 Å². The third-order valence-electron chi connectivity index (χ3n) is 5.37. The number of hydrogen-bond donors (Lipinski definition) is 1. The SMILES string of the molecule is CCC(Sc1nnc(CSc2ccc(C)cc2)n1-c1ccccc1)C(=O)Nc1ccc(OC)cc1. The molecule has 0 saturated heterocycles. The van der Waals surface area contributed by atoms with Gasteiger partial charge < -0.3 is 10.1 Å². The van der Waals surface area contributed by atoms with Crippen molar-refractivity contribution in [3.8, 4) is 11.4 Å². The number of amides is 1. The second-order valence-corrected chi connectivity index (χ2v) is 10.1. The summed E-state index contributed by atoms with van der Waals surface area (Å²) in [5.41, 5.74) is 2.94. The van der Waals surface area contributed by atoms with Crippen LogP contribution in [0.4, 0.5) is 5.69 Å². The molecule has 4 aromatic rings. The second-order valence-electron chi connectivity index (χ2n) is 7.90. The maximum absolute atomic E-state index is 13.1. The molecular formula is C27H28N4O2S2. The first kappa shape index (κ1) is 24.9. The number of aromatic nitrogens is 3. The molecule has 0 aliphatic carbocycles. The molecule has 1 heterocycles. The Morgan fingerprint density at radius 2 is 1.71 bits per heavy atom. The van der Waals surface area contributed by atoms with Gasteiger partial charge in [-0.15, -0.1) is 22.0 Å². The Morgan fingerprint density at radius 3 is 2.37 bits per heavy atom. The molecule has 0 bridgehead atoms. The molecule has 1 unspecified atom stereocenters. The highest BCUT2D eigenvalue weighted by Crippen LogP contribution is 2.31. The van der Waals surface area contributed by atoms with Gasteiger partial charge in [0.25, 0.3) is 0 Å². The maximum Gasteiger partial charge on any atom is 0.237 e. The lowest BCUT2D eigenvalue weighted by Crippen LogP contribution is -2.25. The lowest BCUT2D eigenvalue weighted by molar-refractivity contribution is -0.115. The first-order valence-corrected chi connectivity index (χ1v) is 13.2. The van der Waals surface area contributed by atoms with Gasteiger partial charge in [-0.25, -0.2) is 0 Å². The summed E-state index contributed by atoms with van der Waals surface area (Å²) in [6.07, 6.45) is 0.655. The number of thioether (sulfide) groups is 2. The van der Waals surface area contributed by atoms with Gasteiger partial charge in [0, 0.05) is 16.3 Å². The van der Waals surface area contributed by atoms with E-state index in [9.17, 15) is 4.79 Å². The molecule has 0 aliphatic heterocycles. The lowest BCUT2D eigenvalue weighted by Gasteiger charge is -2.16. The van der Waals surface area contributed by atoms with Crippen molar-refractivity contribution >= 4 is 35.1 Å². The summed E-state index contributed by atoms with van der Waals surface area (Å²) in [4.78, 5) is 14.2. The third kappa shape index (κ3) is 6.46. The fourth-order valence-corrected chi connectivity index (χ4v) is 5.24. The molecular weight excluding hydrogens is 476 g/mol. The van der Waals surface area contributed by atoms with E-state index < -0.39 is 0 Å². The topological polar surface area (TPSA) is 69.0 Å². The minimum atomic E-state index is -0.318. The first-order valence-electron chi connectivity index (χ1n) is 11.4. The van der Waals surface area contributed by atoms with Crippen LogP contribution < -0.4 is 10.1 Å². The van der Waals surface area contributed by atoms with E-state index in [1.54, 1.807) is 18.9 Å². The van der Waals surface area contributed by atoms with E-state index in [0.29, 0.717) is 17.3 Å². The number of anilines is 1. The van der Waals surface area contributed by atoms with Crippen molar-refractivity contribution in [2.24, 2.45) is 0 Å². The number of nitrogens with zero attached hydrogens (tertiary/aromatic N) is 3. The average molecular weight is 505 g/mol. The monoisotopic (exact) mass is 504 g/mol. The van der Waals surface area contributed by atoms with E-state index in [1.807, 2.05) is 61.5 Å². The molecule has 0 fully saturated rings. The van der Waals surface area contributed by atoms with Crippen LogP contribution in [0.15, 0.2) is 88.9 Å². The van der Waals surface area contributed by atoms with Crippen LogP contribution in [0, 0.1) is 6.92 Å². The Bertz CT molecular complexity index is 1240. The molecule has 180 valence electrons. The van der Waals surface area contributed by atoms with Crippen LogP contribution in [0.1, 0.15) is 24.7 Å². The van der Waals surface area contributed by atoms with Crippen molar-refractivity contribution in [2.45, 2.75) is 41.3 Å². The van der Waals surface area contributed by atoms with E-state index in [-0.39, 0.29) is 11.2 Å². The Balaban J connectivity index is 1.54. The predicted octanol–water partition coefficient (Wildman–Crippen LogP) is 6.39. The molecule has 1 N–H and O–H groups in total. The van der Waals surface area contributed by atoms with Crippen molar-refractivity contribution < 1.29 is 9.53 Å². The maximum atomic E-state index is 13.1. The van der Waals surface area contributed by atoms with Crippen molar-refractivity contribution in [3.05, 3.63) is 90.3 Å². The van der Waals surface area contributed by atoms with Crippen LogP contribution in [-0.4, -0.2) is 33.0 Å². The van der Waals surface area contributed by atoms with Crippen molar-refractivity contribution in [1.82, 2.24) is 14.8 Å². The minimum Gasteiger partial charge on any atom is -0.497 e. The van der Waals surface area contributed by atoms with Crippen molar-refractivity contribution in [3.63, 3.8) is 0 Å². The van der Waals surface area contributed by atoms with E-state index in [1.165, 1.54) is 22.2 Å². The standard InChI is InChI=1S/C27H28N4O2S2/c1-4-24(26(32)28-20-12-14-22(33-3)15-13-20)35-27-30-29-25(31(27)21-8-6-5-7-9-21)18-34-23-16-10-19(2)11-17-23/h5-17,24H,4,18H2,1-3H3,(H,28,32). The predicted molar refractivity (Wildman–Crippen MR) is 144 cm³/mol. The Kier molecular flexibility index (Phi) is 8.50. The highest BCUT2D eigenvalue weighted by atomic mass is 32.2. The summed E-state index contributed by atoms with van der Waals surface area (Å²) in [6, 6.07) is 25.8. The Hall–Kier alpha value is -3.23. The van der Waals surface area contributed by atoms with Crippen molar-refractivity contribution in [1.29, 1.82) is 0 Å². The van der Waals surface area contributed by atoms with Crippen LogP contribution in [0.25, 0.3) is 5.69 Å². The van der Waals surface area contributed by atoms with Gasteiger partial charge in [0.15, 0.2) is 5.16 Å². The molecule has 1 aromatic heterocycles. The molecule has 0 radical (unpaired) electrons. The molecule has 35 heavy (non-hydrogen) atoms. The van der Waals surface area contributed by atoms with Gasteiger partial charge in [-0.05, 0) is 61.9 Å². The van der Waals surface area contributed by atoms with E-state index in [0.717, 1.165) is 22.9 Å². The molecule has 3 aromatic carbocycles. The zero-order valence-electron chi connectivity index (χ0n) is 20.0. The summed E-state index contributed by atoms with van der Waals surface area (Å²) >= 11 is 3.15. The highest BCUT2D eigenvalue weighted by molar-refractivity contribution is 8.00. The molecule has 0 spiro atoms. The van der Waals surface area contributed by atoms with Gasteiger partial charge in [0.1, 0.15) is 11.6 Å². The van der Waals surface area contributed by atoms with Crippen LogP contribution in [0.5, 0.6) is 5.75 Å². The smallest absolute Gasteiger partial charge is 0.237 e. The first-order chi connectivity index (χ1) is 17.1. The second kappa shape index (κ2) is 12.0. The summed E-state index contributed by atoms with van der Waals surface area (Å²) in [5.74, 6) is 2.19. The fourth-order valence-electron chi connectivity index (χ4n) is 3.44. The minimum absolute atomic E-state index is 0.0686. The van der Waals surface area contributed by atoms with Gasteiger partial charge in [0.05, 0.1) is 18.1 Å². The fraction of sp³-hybridized carbons (Fsp3) is 0.222. The number of carbonyl (C=O) groups is 1. The van der Waals surface area contributed by atoms with E-state index in [4.69, 9.17) is 4.74 Å². The van der Waals surface area contributed by atoms with Crippen molar-refractivity contribution in [2.75, 3.05) is 12.4 Å². The molecule has 1 atom stereocenters. The number of aryl methyl sites for hydroxylation is 1. The quantitative estimate of drug-likeness (QED) is 0.253. The molecule has 8 heteroatoms. The number of benzene rings is 3. The van der Waals surface area contributed by atoms with Crippen LogP contribution in [0.3, 0.4) is 0 Å². The Labute approximate surface area is 214 Å². The lowest BCUT2D eigenvalue weighted by atomic mass is 10.2. The molecule has 1 amide bonds. The van der Waals surface area contributed by atoms with Gasteiger partial charge >= 0.3 is 0 Å². The van der Waals surface area contributed by atoms with Gasteiger partial charge in [-0.2, -0.15) is 0 Å². The largest absolute Gasteiger partial charge is 0.497 e. The Morgan fingerprint density at radius 1 is 1.00 bits per heavy atom. The summed E-state index contributed by atoms with van der Waals surface area (Å²) in [5, 5.41) is 12.4. The number of methoxy groups -OCH3 is 1. The summed E-state index contributed by atoms with van der Waals surface area (Å²) in [6.45, 7) is 4.08. The molecule has 0 saturated carbocycles. The number of hydrogen-bond acceptors (Lipinski definition) is 6. The van der Waals surface area contributed by atoms with Gasteiger partial charge in [0.2, 0.25) is 5.91 Å². The summed E-state index contributed by atoms with van der Waals surface area (Å²) in [7, 11) is 1.62.